The number of carbonyl (C=O) groups is 16. The van der Waals surface area contributed by atoms with E-state index in [1.165, 1.54) is 0 Å². The van der Waals surface area contributed by atoms with Crippen LogP contribution < -0.4 is 171 Å². The van der Waals surface area contributed by atoms with Gasteiger partial charge in [-0.3, -0.25) is 43.2 Å². The Morgan fingerprint density at radius 3 is 0.286 bits per heavy atom. The molecule has 0 radical (unpaired) electrons. The number of carboxylic acids is 16. The minimum absolute atomic E-state index is 0. The van der Waals surface area contributed by atoms with Crippen LogP contribution in [0.1, 0.15) is 137 Å². The van der Waals surface area contributed by atoms with Crippen LogP contribution in [0.15, 0.2) is 0 Å². The SMILES string of the molecule is CC(=O)O.CC(=O)O.CC(=O)O.CC(=O)O.CC(=O)O.CC(=O)O.CC(=O)O.CC(=O)O.CC(=O)O.CC(=O)[O-].CC(=O)[O-].CC(=O)[O-].CC(=O)[O-].CC(=O)[O-].CC(=O)[O-].CC(=O)[O-].CC(N)CN.CC(N)CN.NCCCN.NCCCN.[NH4+].[NH4+].[NH4+].[NH4+].[NH4+].[Na+].[Na+]. The first-order chi connectivity index (χ1) is 37.1. The van der Waals surface area contributed by atoms with Gasteiger partial charge in [0.1, 0.15) is 0 Å². The number of carbonyl (C=O) groups excluding carboxylic acids is 7. The van der Waals surface area contributed by atoms with Crippen LogP contribution in [0, 0.1) is 0 Å². The average molecular weight is 1390 g/mol. The zero-order valence-electron chi connectivity index (χ0n) is 57.8. The molecule has 0 aliphatic carbocycles. The van der Waals surface area contributed by atoms with E-state index in [4.69, 9.17) is 204 Å². The van der Waals surface area contributed by atoms with E-state index in [1.54, 1.807) is 0 Å². The van der Waals surface area contributed by atoms with Crippen LogP contribution in [0.5, 0.6) is 0 Å². The topological polar surface area (TPSA) is 1010 Å². The Balaban J connectivity index is -0.0000000189. The van der Waals surface area contributed by atoms with Gasteiger partial charge < -0.3 is 192 Å². The van der Waals surface area contributed by atoms with Gasteiger partial charge in [0.25, 0.3) is 53.7 Å². The molecule has 0 bridgehead atoms. The van der Waals surface area contributed by atoms with E-state index < -0.39 is 95.5 Å². The quantitative estimate of drug-likeness (QED) is 0.110. The Bertz CT molecular complexity index is 1100. The van der Waals surface area contributed by atoms with Crippen LogP contribution in [0.2, 0.25) is 0 Å². The fourth-order valence-corrected chi connectivity index (χ4v) is 0.236. The predicted octanol–water partition coefficient (Wildman–Crippen LogP) is -14.8. The maximum absolute atomic E-state index is 9.00. The van der Waals surface area contributed by atoms with E-state index in [0.717, 1.165) is 150 Å². The van der Waals surface area contributed by atoms with Crippen LogP contribution in [0.3, 0.4) is 0 Å². The summed E-state index contributed by atoms with van der Waals surface area (Å²) < 4.78 is 0. The second-order valence-corrected chi connectivity index (χ2v) is 12.4. The van der Waals surface area contributed by atoms with Crippen molar-refractivity contribution in [3.63, 3.8) is 0 Å². The van der Waals surface area contributed by atoms with E-state index in [-0.39, 0.29) is 102 Å². The fraction of sp³-hybridized carbons (Fsp3) is 0.636. The van der Waals surface area contributed by atoms with Crippen LogP contribution >= 0.6 is 0 Å². The average Bonchev–Trinajstić information content (AvgIpc) is 3.16. The molecule has 0 aliphatic heterocycles. The molecular formula is C44H117N13Na2O32. The van der Waals surface area contributed by atoms with Gasteiger partial charge >= 0.3 is 59.1 Å². The Morgan fingerprint density at radius 2 is 0.286 bits per heavy atom. The van der Waals surface area contributed by atoms with Crippen molar-refractivity contribution in [3.05, 3.63) is 0 Å². The molecule has 91 heavy (non-hydrogen) atoms. The molecule has 0 aromatic rings. The first kappa shape index (κ1) is 178. The van der Waals surface area contributed by atoms with Crippen LogP contribution in [0.25, 0.3) is 0 Å². The first-order valence-corrected chi connectivity index (χ1v) is 21.8. The van der Waals surface area contributed by atoms with Crippen molar-refractivity contribution in [2.24, 2.45) is 45.9 Å². The molecule has 47 heteroatoms. The van der Waals surface area contributed by atoms with Crippen molar-refractivity contribution in [2.75, 3.05) is 39.3 Å². The zero-order valence-corrected chi connectivity index (χ0v) is 61.8. The van der Waals surface area contributed by atoms with Gasteiger partial charge in [0, 0.05) is 129 Å². The molecule has 45 N–H and O–H groups in total. The van der Waals surface area contributed by atoms with Crippen LogP contribution in [-0.4, -0.2) is 193 Å². The minimum atomic E-state index is -1.08. The van der Waals surface area contributed by atoms with Crippen molar-refractivity contribution < 1.29 is 218 Å². The van der Waals surface area contributed by atoms with Crippen molar-refractivity contribution in [3.8, 4) is 0 Å². The minimum Gasteiger partial charge on any atom is -0.550 e. The molecule has 552 valence electrons. The summed E-state index contributed by atoms with van der Waals surface area (Å²) in [5.41, 5.74) is 40.7. The molecule has 0 amide bonds. The molecule has 0 fully saturated rings. The van der Waals surface area contributed by atoms with Gasteiger partial charge in [-0.05, 0) is 101 Å². The largest absolute Gasteiger partial charge is 1.00 e. The third-order valence-electron chi connectivity index (χ3n) is 1.56. The zero-order chi connectivity index (χ0) is 74.0. The number of aliphatic carboxylic acids is 16. The Hall–Kier alpha value is -7.00. The predicted molar refractivity (Wildman–Crippen MR) is 315 cm³/mol. The molecule has 0 heterocycles. The number of nitrogens with two attached hydrogens (primary N) is 8. The van der Waals surface area contributed by atoms with E-state index >= 15 is 0 Å². The van der Waals surface area contributed by atoms with E-state index in [2.05, 4.69) is 0 Å². The number of hydrogen-bond acceptors (Lipinski definition) is 31. The summed E-state index contributed by atoms with van der Waals surface area (Å²) in [6, 6.07) is 0.324. The van der Waals surface area contributed by atoms with Gasteiger partial charge in [0.2, 0.25) is 0 Å². The molecule has 0 aromatic heterocycles. The first-order valence-electron chi connectivity index (χ1n) is 21.8. The van der Waals surface area contributed by atoms with Crippen molar-refractivity contribution in [1.82, 2.24) is 30.8 Å². The van der Waals surface area contributed by atoms with Gasteiger partial charge in [0.15, 0.2) is 0 Å². The summed E-state index contributed by atoms with van der Waals surface area (Å²) in [6.07, 6.45) is 1.89. The molecule has 2 unspecified atom stereocenters. The molecule has 0 aromatic carbocycles. The van der Waals surface area contributed by atoms with Gasteiger partial charge in [0.05, 0.1) is 0 Å². The summed E-state index contributed by atoms with van der Waals surface area (Å²) in [5.74, 6) is -15.1. The third kappa shape index (κ3) is 545000. The van der Waals surface area contributed by atoms with E-state index in [1.807, 2.05) is 13.8 Å². The molecule has 0 spiro atoms. The number of hydrogen-bond donors (Lipinski definition) is 22. The standard InChI is InChI=1S/4C3H10N2.16C2H4O2.5H3N.2Na/c2*1-3(5)2-4;2*4-2-1-3-5;16*1-2(3)4;;;;;;;/h2*3H,2,4-5H2,1H3;2*1-5H2;16*1H3,(H,3,4);5*1H3;;/q;;;;;;;;;;;;;;;;;;;;;;;;;2*+1/p-2. The summed E-state index contributed by atoms with van der Waals surface area (Å²) in [4.78, 5) is 143. The van der Waals surface area contributed by atoms with Crippen molar-refractivity contribution >= 4 is 95.5 Å². The summed E-state index contributed by atoms with van der Waals surface area (Å²) in [7, 11) is 0. The van der Waals surface area contributed by atoms with E-state index in [9.17, 15) is 0 Å². The van der Waals surface area contributed by atoms with Gasteiger partial charge in [-0.15, -0.1) is 0 Å². The van der Waals surface area contributed by atoms with Gasteiger partial charge in [-0.2, -0.15) is 0 Å². The second-order valence-electron chi connectivity index (χ2n) is 12.4. The molecular weight excluding hydrogens is 1270 g/mol. The van der Waals surface area contributed by atoms with Crippen LogP contribution in [-0.2, 0) is 76.7 Å². The molecule has 0 saturated carbocycles. The molecule has 0 rings (SSSR count). The number of rotatable bonds is 6. The maximum Gasteiger partial charge on any atom is 1.00 e. The molecule has 2 atom stereocenters. The Labute approximate surface area is 575 Å². The summed E-state index contributed by atoms with van der Waals surface area (Å²) >= 11 is 0. The molecule has 45 nitrogen and oxygen atoms in total. The number of quaternary nitrogens is 5. The smallest absolute Gasteiger partial charge is 0.550 e. The third-order valence-corrected chi connectivity index (χ3v) is 1.56. The van der Waals surface area contributed by atoms with Gasteiger partial charge in [-0.25, -0.2) is 0 Å². The normalized spacial score (nSPS) is 6.97. The Kier molecular flexibility index (Phi) is 361. The Morgan fingerprint density at radius 1 is 0.253 bits per heavy atom. The summed E-state index contributed by atoms with van der Waals surface area (Å²) in [6.45, 7) is 24.3. The van der Waals surface area contributed by atoms with Crippen LogP contribution in [0.4, 0.5) is 0 Å². The second kappa shape index (κ2) is 184. The molecule has 0 aliphatic rings. The van der Waals surface area contributed by atoms with Crippen molar-refractivity contribution in [1.29, 1.82) is 0 Å². The van der Waals surface area contributed by atoms with E-state index in [0.29, 0.717) is 13.1 Å². The maximum atomic E-state index is 9.00. The summed E-state index contributed by atoms with van der Waals surface area (Å²) in [5, 5.41) is 129. The van der Waals surface area contributed by atoms with Gasteiger partial charge in [-0.1, -0.05) is 0 Å². The molecule has 0 saturated heterocycles. The number of carboxylic acid groups (broad SMARTS) is 16. The fourth-order valence-electron chi connectivity index (χ4n) is 0.236. The monoisotopic (exact) mass is 1390 g/mol. The van der Waals surface area contributed by atoms with Crippen molar-refractivity contribution in [2.45, 2.75) is 150 Å².